The number of benzene rings is 1. The predicted octanol–water partition coefficient (Wildman–Crippen LogP) is 4.34. The van der Waals surface area contributed by atoms with Crippen LogP contribution in [0.25, 0.3) is 16.2 Å². The number of piperazine rings is 1. The smallest absolute Gasteiger partial charge is 0.216 e. The van der Waals surface area contributed by atoms with Crippen molar-refractivity contribution in [1.82, 2.24) is 19.5 Å². The third-order valence-corrected chi connectivity index (χ3v) is 7.09. The Bertz CT molecular complexity index is 935. The lowest BCUT2D eigenvalue weighted by molar-refractivity contribution is 0.258. The summed E-state index contributed by atoms with van der Waals surface area (Å²) in [6.07, 6.45) is 6.31. The molecule has 1 aliphatic heterocycles. The normalized spacial score (nSPS) is 18.7. The second kappa shape index (κ2) is 8.32. The number of rotatable bonds is 6. The summed E-state index contributed by atoms with van der Waals surface area (Å²) in [4.78, 5) is 11.0. The van der Waals surface area contributed by atoms with Gasteiger partial charge in [-0.2, -0.15) is 4.52 Å². The molecule has 2 aliphatic rings. The SMILES string of the molecule is CCCN1CCN(c2nn3c(NC4CCCC4)c(-c4ccccc4)nc3s2)CC1. The van der Waals surface area contributed by atoms with Crippen LogP contribution in [0, 0.1) is 0 Å². The van der Waals surface area contributed by atoms with E-state index < -0.39 is 0 Å². The number of fused-ring (bicyclic) bond motifs is 1. The van der Waals surface area contributed by atoms with Gasteiger partial charge in [0.15, 0.2) is 5.82 Å². The molecule has 1 saturated carbocycles. The quantitative estimate of drug-likeness (QED) is 0.655. The van der Waals surface area contributed by atoms with Gasteiger partial charge in [-0.15, -0.1) is 5.10 Å². The summed E-state index contributed by atoms with van der Waals surface area (Å²) in [5, 5.41) is 9.90. The van der Waals surface area contributed by atoms with E-state index in [1.165, 1.54) is 38.6 Å². The molecule has 0 amide bonds. The molecule has 0 atom stereocenters. The molecule has 1 N–H and O–H groups in total. The molecule has 6 nitrogen and oxygen atoms in total. The molecule has 1 aromatic carbocycles. The first-order valence-corrected chi connectivity index (χ1v) is 11.8. The van der Waals surface area contributed by atoms with Gasteiger partial charge in [0.25, 0.3) is 0 Å². The van der Waals surface area contributed by atoms with Crippen LogP contribution in [0.5, 0.6) is 0 Å². The van der Waals surface area contributed by atoms with Gasteiger partial charge in [-0.1, -0.05) is 61.4 Å². The molecule has 2 aromatic heterocycles. The van der Waals surface area contributed by atoms with E-state index in [9.17, 15) is 0 Å². The van der Waals surface area contributed by atoms with Crippen molar-refractivity contribution in [2.45, 2.75) is 45.1 Å². The molecule has 0 bridgehead atoms. The summed E-state index contributed by atoms with van der Waals surface area (Å²) in [5.41, 5.74) is 2.18. The Morgan fingerprint density at radius 2 is 1.83 bits per heavy atom. The van der Waals surface area contributed by atoms with Crippen LogP contribution >= 0.6 is 11.3 Å². The zero-order valence-corrected chi connectivity index (χ0v) is 18.0. The van der Waals surface area contributed by atoms with Crippen molar-refractivity contribution in [1.29, 1.82) is 0 Å². The van der Waals surface area contributed by atoms with E-state index in [2.05, 4.69) is 56.9 Å². The first-order valence-electron chi connectivity index (χ1n) is 11.0. The number of hydrogen-bond acceptors (Lipinski definition) is 6. The molecule has 2 fully saturated rings. The topological polar surface area (TPSA) is 48.7 Å². The maximum atomic E-state index is 5.01. The lowest BCUT2D eigenvalue weighted by Crippen LogP contribution is -2.46. The summed E-state index contributed by atoms with van der Waals surface area (Å²) < 4.78 is 2.05. The molecular weight excluding hydrogens is 380 g/mol. The Labute approximate surface area is 176 Å². The average molecular weight is 411 g/mol. The van der Waals surface area contributed by atoms with Gasteiger partial charge < -0.3 is 10.2 Å². The van der Waals surface area contributed by atoms with Crippen LogP contribution in [0.1, 0.15) is 39.0 Å². The molecule has 5 rings (SSSR count). The van der Waals surface area contributed by atoms with Crippen molar-refractivity contribution >= 4 is 27.2 Å². The van der Waals surface area contributed by atoms with Gasteiger partial charge >= 0.3 is 0 Å². The van der Waals surface area contributed by atoms with E-state index in [1.54, 1.807) is 11.3 Å². The van der Waals surface area contributed by atoms with E-state index >= 15 is 0 Å². The Balaban J connectivity index is 1.45. The molecule has 3 aromatic rings. The Morgan fingerprint density at radius 3 is 2.55 bits per heavy atom. The second-order valence-electron chi connectivity index (χ2n) is 8.21. The van der Waals surface area contributed by atoms with Crippen molar-refractivity contribution in [2.24, 2.45) is 0 Å². The molecule has 1 saturated heterocycles. The van der Waals surface area contributed by atoms with Crippen molar-refractivity contribution in [3.63, 3.8) is 0 Å². The van der Waals surface area contributed by atoms with Crippen LogP contribution in [0.4, 0.5) is 10.9 Å². The zero-order chi connectivity index (χ0) is 19.6. The fourth-order valence-corrected chi connectivity index (χ4v) is 5.49. The first-order chi connectivity index (χ1) is 14.3. The summed E-state index contributed by atoms with van der Waals surface area (Å²) in [7, 11) is 0. The van der Waals surface area contributed by atoms with Crippen LogP contribution in [0.2, 0.25) is 0 Å². The molecule has 0 radical (unpaired) electrons. The van der Waals surface area contributed by atoms with Crippen molar-refractivity contribution in [3.8, 4) is 11.3 Å². The van der Waals surface area contributed by atoms with Crippen molar-refractivity contribution in [3.05, 3.63) is 30.3 Å². The van der Waals surface area contributed by atoms with Crippen LogP contribution in [-0.2, 0) is 0 Å². The molecule has 0 unspecified atom stereocenters. The van der Waals surface area contributed by atoms with E-state index in [1.807, 2.05) is 0 Å². The monoisotopic (exact) mass is 410 g/mol. The fraction of sp³-hybridized carbons (Fsp3) is 0.545. The van der Waals surface area contributed by atoms with Crippen LogP contribution in [0.3, 0.4) is 0 Å². The highest BCUT2D eigenvalue weighted by Gasteiger charge is 2.25. The Morgan fingerprint density at radius 1 is 1.07 bits per heavy atom. The predicted molar refractivity (Wildman–Crippen MR) is 121 cm³/mol. The van der Waals surface area contributed by atoms with Gasteiger partial charge in [0.05, 0.1) is 0 Å². The van der Waals surface area contributed by atoms with E-state index in [0.717, 1.165) is 53.3 Å². The van der Waals surface area contributed by atoms with Gasteiger partial charge in [0.2, 0.25) is 10.1 Å². The van der Waals surface area contributed by atoms with Crippen LogP contribution in [0.15, 0.2) is 30.3 Å². The average Bonchev–Trinajstić information content (AvgIpc) is 3.48. The van der Waals surface area contributed by atoms with Gasteiger partial charge in [0, 0.05) is 37.8 Å². The van der Waals surface area contributed by atoms with Gasteiger partial charge in [-0.05, 0) is 25.8 Å². The van der Waals surface area contributed by atoms with Crippen molar-refractivity contribution in [2.75, 3.05) is 42.9 Å². The third-order valence-electron chi connectivity index (χ3n) is 6.12. The van der Waals surface area contributed by atoms with Crippen molar-refractivity contribution < 1.29 is 0 Å². The standard InChI is InChI=1S/C22H30N6S/c1-2-12-26-13-15-27(16-14-26)22-25-28-20(23-18-10-6-7-11-18)19(24-21(28)29-22)17-8-4-3-5-9-17/h3-5,8-9,18,23H,2,6-7,10-16H2,1H3. The molecule has 1 aliphatic carbocycles. The largest absolute Gasteiger partial charge is 0.365 e. The number of aromatic nitrogens is 3. The lowest BCUT2D eigenvalue weighted by Gasteiger charge is -2.34. The summed E-state index contributed by atoms with van der Waals surface area (Å²) in [6, 6.07) is 11.0. The summed E-state index contributed by atoms with van der Waals surface area (Å²) in [5.74, 6) is 1.06. The minimum Gasteiger partial charge on any atom is -0.365 e. The van der Waals surface area contributed by atoms with Gasteiger partial charge in [0.1, 0.15) is 5.69 Å². The van der Waals surface area contributed by atoms with E-state index in [4.69, 9.17) is 10.1 Å². The zero-order valence-electron chi connectivity index (χ0n) is 17.2. The molecule has 7 heteroatoms. The lowest BCUT2D eigenvalue weighted by atomic mass is 10.1. The third kappa shape index (κ3) is 3.85. The Hall–Kier alpha value is -2.12. The number of hydrogen-bond donors (Lipinski definition) is 1. The molecular formula is C22H30N6S. The number of anilines is 2. The highest BCUT2D eigenvalue weighted by Crippen LogP contribution is 2.35. The number of imidazole rings is 1. The highest BCUT2D eigenvalue weighted by atomic mass is 32.1. The molecule has 154 valence electrons. The minimum atomic E-state index is 0.528. The summed E-state index contributed by atoms with van der Waals surface area (Å²) in [6.45, 7) is 7.80. The van der Waals surface area contributed by atoms with E-state index in [0.29, 0.717) is 6.04 Å². The first kappa shape index (κ1) is 18.9. The van der Waals surface area contributed by atoms with Gasteiger partial charge in [-0.25, -0.2) is 4.98 Å². The highest BCUT2D eigenvalue weighted by molar-refractivity contribution is 7.20. The number of nitrogens with zero attached hydrogens (tertiary/aromatic N) is 5. The minimum absolute atomic E-state index is 0.528. The van der Waals surface area contributed by atoms with Crippen LogP contribution < -0.4 is 10.2 Å². The maximum Gasteiger partial charge on any atom is 0.216 e. The fourth-order valence-electron chi connectivity index (χ4n) is 4.54. The second-order valence-corrected chi connectivity index (χ2v) is 9.14. The maximum absolute atomic E-state index is 5.01. The number of nitrogens with one attached hydrogen (secondary N) is 1. The van der Waals surface area contributed by atoms with Gasteiger partial charge in [-0.3, -0.25) is 4.90 Å². The summed E-state index contributed by atoms with van der Waals surface area (Å²) >= 11 is 1.71. The van der Waals surface area contributed by atoms with E-state index in [-0.39, 0.29) is 0 Å². The molecule has 0 spiro atoms. The van der Waals surface area contributed by atoms with Crippen LogP contribution in [-0.4, -0.2) is 58.3 Å². The Kier molecular flexibility index (Phi) is 5.42. The molecule has 29 heavy (non-hydrogen) atoms. The molecule has 3 heterocycles.